The lowest BCUT2D eigenvalue weighted by atomic mass is 10.1. The second-order valence-electron chi connectivity index (χ2n) is 5.27. The van der Waals surface area contributed by atoms with Crippen LogP contribution in [-0.2, 0) is 6.54 Å². The molecule has 1 aromatic heterocycles. The summed E-state index contributed by atoms with van der Waals surface area (Å²) in [4.78, 5) is 26.8. The van der Waals surface area contributed by atoms with Gasteiger partial charge in [0.15, 0.2) is 6.29 Å². The maximum absolute atomic E-state index is 12.3. The highest BCUT2D eigenvalue weighted by atomic mass is 32.1. The van der Waals surface area contributed by atoms with Gasteiger partial charge in [-0.2, -0.15) is 0 Å². The molecule has 0 unspecified atom stereocenters. The van der Waals surface area contributed by atoms with E-state index in [1.165, 1.54) is 11.3 Å². The van der Waals surface area contributed by atoms with Gasteiger partial charge in [-0.15, -0.1) is 11.3 Å². The molecule has 1 amide bonds. The summed E-state index contributed by atoms with van der Waals surface area (Å²) in [7, 11) is 0. The normalized spacial score (nSPS) is 13.6. The highest BCUT2D eigenvalue weighted by molar-refractivity contribution is 7.17. The monoisotopic (exact) mass is 299 g/mol. The maximum atomic E-state index is 12.3. The second kappa shape index (κ2) is 5.82. The topological polar surface area (TPSA) is 37.4 Å². The van der Waals surface area contributed by atoms with E-state index < -0.39 is 0 Å². The van der Waals surface area contributed by atoms with Crippen molar-refractivity contribution < 1.29 is 9.59 Å². The Balaban J connectivity index is 1.87. The fraction of sp³-hybridized carbons (Fsp3) is 0.294. The molecule has 0 saturated heterocycles. The number of amides is 1. The van der Waals surface area contributed by atoms with Gasteiger partial charge >= 0.3 is 0 Å². The van der Waals surface area contributed by atoms with Crippen LogP contribution < -0.4 is 0 Å². The molecule has 0 aliphatic carbocycles. The lowest BCUT2D eigenvalue weighted by molar-refractivity contribution is 0.0776. The van der Waals surface area contributed by atoms with E-state index in [-0.39, 0.29) is 5.91 Å². The van der Waals surface area contributed by atoms with Gasteiger partial charge in [-0.3, -0.25) is 9.59 Å². The van der Waals surface area contributed by atoms with Crippen molar-refractivity contribution in [3.05, 3.63) is 46.3 Å². The van der Waals surface area contributed by atoms with E-state index in [2.05, 4.69) is 13.0 Å². The summed E-state index contributed by atoms with van der Waals surface area (Å²) in [6.45, 7) is 3.66. The minimum absolute atomic E-state index is 0.143. The summed E-state index contributed by atoms with van der Waals surface area (Å²) < 4.78 is 0. The summed E-state index contributed by atoms with van der Waals surface area (Å²) >= 11 is 1.48. The third-order valence-electron chi connectivity index (χ3n) is 3.79. The number of carbonyl (C=O) groups excluding carboxylic acids is 2. The lowest BCUT2D eigenvalue weighted by Gasteiger charge is -2.14. The average molecular weight is 299 g/mol. The van der Waals surface area contributed by atoms with Gasteiger partial charge in [0.25, 0.3) is 5.91 Å². The maximum Gasteiger partial charge on any atom is 0.254 e. The van der Waals surface area contributed by atoms with Crippen molar-refractivity contribution in [1.29, 1.82) is 0 Å². The van der Waals surface area contributed by atoms with Crippen LogP contribution in [0.4, 0.5) is 0 Å². The minimum atomic E-state index is 0.143. The Kier molecular flexibility index (Phi) is 3.88. The van der Waals surface area contributed by atoms with Crippen LogP contribution in [0.25, 0.3) is 10.4 Å². The molecule has 0 bridgehead atoms. The highest BCUT2D eigenvalue weighted by Crippen LogP contribution is 2.32. The Morgan fingerprint density at radius 1 is 1.29 bits per heavy atom. The molecule has 0 saturated carbocycles. The molecule has 0 spiro atoms. The number of thiophene rings is 1. The fourth-order valence-corrected chi connectivity index (χ4v) is 3.45. The number of fused-ring (bicyclic) bond motifs is 1. The van der Waals surface area contributed by atoms with Crippen molar-refractivity contribution in [3.63, 3.8) is 0 Å². The van der Waals surface area contributed by atoms with Crippen LogP contribution in [0.5, 0.6) is 0 Å². The Bertz CT molecular complexity index is 690. The third-order valence-corrected chi connectivity index (χ3v) is 4.85. The highest BCUT2D eigenvalue weighted by Gasteiger charge is 2.26. The van der Waals surface area contributed by atoms with Crippen LogP contribution in [0.1, 0.15) is 45.4 Å². The Hall–Kier alpha value is -1.94. The summed E-state index contributed by atoms with van der Waals surface area (Å²) in [5, 5.41) is 0. The van der Waals surface area contributed by atoms with Gasteiger partial charge in [-0.25, -0.2) is 0 Å². The van der Waals surface area contributed by atoms with Crippen LogP contribution in [0.3, 0.4) is 0 Å². The van der Waals surface area contributed by atoms with Crippen molar-refractivity contribution in [2.45, 2.75) is 26.3 Å². The van der Waals surface area contributed by atoms with Gasteiger partial charge in [0.05, 0.1) is 4.88 Å². The van der Waals surface area contributed by atoms with Crippen molar-refractivity contribution in [1.82, 2.24) is 4.90 Å². The van der Waals surface area contributed by atoms with Crippen LogP contribution in [-0.4, -0.2) is 23.6 Å². The average Bonchev–Trinajstić information content (AvgIpc) is 3.10. The number of unbranched alkanes of at least 4 members (excludes halogenated alkanes) is 1. The first-order chi connectivity index (χ1) is 10.2. The van der Waals surface area contributed by atoms with E-state index in [1.807, 2.05) is 29.2 Å². The fourth-order valence-electron chi connectivity index (χ4n) is 2.64. The molecular formula is C17H17NO2S. The molecule has 0 radical (unpaired) electrons. The molecule has 3 rings (SSSR count). The van der Waals surface area contributed by atoms with Crippen molar-refractivity contribution >= 4 is 23.5 Å². The van der Waals surface area contributed by atoms with Crippen molar-refractivity contribution in [3.8, 4) is 10.4 Å². The first-order valence-electron chi connectivity index (χ1n) is 7.20. The zero-order valence-electron chi connectivity index (χ0n) is 12.0. The van der Waals surface area contributed by atoms with Crippen molar-refractivity contribution in [2.24, 2.45) is 0 Å². The van der Waals surface area contributed by atoms with Crippen LogP contribution in [0.15, 0.2) is 30.3 Å². The number of aldehydes is 1. The predicted octanol–water partition coefficient (Wildman–Crippen LogP) is 3.98. The SMILES string of the molecule is CCCCN1Cc2cc(-c3ccc(C=O)s3)ccc2C1=O. The Morgan fingerprint density at radius 2 is 2.14 bits per heavy atom. The molecule has 108 valence electrons. The first-order valence-corrected chi connectivity index (χ1v) is 8.02. The zero-order valence-corrected chi connectivity index (χ0v) is 12.8. The van der Waals surface area contributed by atoms with Gasteiger partial charge in [0.1, 0.15) is 0 Å². The van der Waals surface area contributed by atoms with Gasteiger partial charge in [-0.1, -0.05) is 19.4 Å². The molecule has 0 fully saturated rings. The predicted molar refractivity (Wildman–Crippen MR) is 84.8 cm³/mol. The second-order valence-corrected chi connectivity index (χ2v) is 6.39. The van der Waals surface area contributed by atoms with E-state index in [0.717, 1.165) is 52.1 Å². The number of hydrogen-bond acceptors (Lipinski definition) is 3. The van der Waals surface area contributed by atoms with Gasteiger partial charge in [0.2, 0.25) is 0 Å². The number of nitrogens with zero attached hydrogens (tertiary/aromatic N) is 1. The molecule has 3 nitrogen and oxygen atoms in total. The van der Waals surface area contributed by atoms with E-state index in [0.29, 0.717) is 6.54 Å². The molecule has 1 aliphatic rings. The van der Waals surface area contributed by atoms with E-state index in [9.17, 15) is 9.59 Å². The standard InChI is InChI=1S/C17H17NO2S/c1-2-3-8-18-10-13-9-12(4-6-15(13)17(18)20)16-7-5-14(11-19)21-16/h4-7,9,11H,2-3,8,10H2,1H3. The smallest absolute Gasteiger partial charge is 0.254 e. The zero-order chi connectivity index (χ0) is 14.8. The van der Waals surface area contributed by atoms with Crippen LogP contribution >= 0.6 is 11.3 Å². The number of hydrogen-bond donors (Lipinski definition) is 0. The molecule has 2 aromatic rings. The molecular weight excluding hydrogens is 282 g/mol. The van der Waals surface area contributed by atoms with Gasteiger partial charge in [-0.05, 0) is 41.8 Å². The summed E-state index contributed by atoms with van der Waals surface area (Å²) in [5.41, 5.74) is 2.99. The lowest BCUT2D eigenvalue weighted by Crippen LogP contribution is -2.24. The number of rotatable bonds is 5. The Labute approximate surface area is 128 Å². The quantitative estimate of drug-likeness (QED) is 0.783. The van der Waals surface area contributed by atoms with Gasteiger partial charge in [0, 0.05) is 23.5 Å². The summed E-state index contributed by atoms with van der Waals surface area (Å²) in [6.07, 6.45) is 3.01. The molecule has 4 heteroatoms. The molecule has 21 heavy (non-hydrogen) atoms. The van der Waals surface area contributed by atoms with E-state index in [4.69, 9.17) is 0 Å². The van der Waals surface area contributed by atoms with Crippen molar-refractivity contribution in [2.75, 3.05) is 6.54 Å². The van der Waals surface area contributed by atoms with Crippen LogP contribution in [0, 0.1) is 0 Å². The number of benzene rings is 1. The summed E-state index contributed by atoms with van der Waals surface area (Å²) in [6, 6.07) is 9.76. The third kappa shape index (κ3) is 2.63. The van der Waals surface area contributed by atoms with E-state index in [1.54, 1.807) is 0 Å². The van der Waals surface area contributed by atoms with Crippen LogP contribution in [0.2, 0.25) is 0 Å². The largest absolute Gasteiger partial charge is 0.334 e. The summed E-state index contributed by atoms with van der Waals surface area (Å²) in [5.74, 6) is 0.143. The van der Waals surface area contributed by atoms with E-state index >= 15 is 0 Å². The molecule has 2 heterocycles. The molecule has 1 aromatic carbocycles. The minimum Gasteiger partial charge on any atom is -0.334 e. The van der Waals surface area contributed by atoms with Gasteiger partial charge < -0.3 is 4.90 Å². The molecule has 0 atom stereocenters. The number of carbonyl (C=O) groups is 2. The first kappa shape index (κ1) is 14.0. The molecule has 1 aliphatic heterocycles. The molecule has 0 N–H and O–H groups in total. The Morgan fingerprint density at radius 3 is 2.86 bits per heavy atom.